The SMILES string of the molecule is CNCc1ccc(-c2cccc(-c3ccnc(-c4cc(CNCC(O)CC(=O)O)cc(OC)c4)c3Cl)c2Cl)nc1OC. The number of benzene rings is 2. The number of hydrogen-bond acceptors (Lipinski definition) is 8. The number of carbonyl (C=O) groups is 1. The van der Waals surface area contributed by atoms with Crippen molar-refractivity contribution >= 4 is 29.2 Å². The molecule has 0 spiro atoms. The van der Waals surface area contributed by atoms with E-state index in [9.17, 15) is 9.90 Å². The molecule has 0 fully saturated rings. The zero-order valence-electron chi connectivity index (χ0n) is 23.4. The molecule has 42 heavy (non-hydrogen) atoms. The Morgan fingerprint density at radius 3 is 2.45 bits per heavy atom. The number of ether oxygens (including phenoxy) is 2. The summed E-state index contributed by atoms with van der Waals surface area (Å²) >= 11 is 14.0. The van der Waals surface area contributed by atoms with Crippen molar-refractivity contribution in [2.75, 3.05) is 27.8 Å². The van der Waals surface area contributed by atoms with Gasteiger partial charge in [-0.05, 0) is 42.9 Å². The molecule has 1 unspecified atom stereocenters. The fraction of sp³-hybridized carbons (Fsp3) is 0.258. The Balaban J connectivity index is 1.68. The van der Waals surface area contributed by atoms with Crippen LogP contribution in [0.25, 0.3) is 33.6 Å². The molecule has 0 radical (unpaired) electrons. The molecule has 9 nitrogen and oxygen atoms in total. The Bertz CT molecular complexity index is 1570. The summed E-state index contributed by atoms with van der Waals surface area (Å²) in [6.07, 6.45) is 0.341. The maximum absolute atomic E-state index is 10.8. The lowest BCUT2D eigenvalue weighted by atomic mass is 9.99. The lowest BCUT2D eigenvalue weighted by molar-refractivity contribution is -0.139. The van der Waals surface area contributed by atoms with Crippen LogP contribution in [0.2, 0.25) is 10.0 Å². The van der Waals surface area contributed by atoms with Crippen molar-refractivity contribution in [2.24, 2.45) is 0 Å². The highest BCUT2D eigenvalue weighted by atomic mass is 35.5. The van der Waals surface area contributed by atoms with Crippen LogP contribution in [-0.2, 0) is 17.9 Å². The van der Waals surface area contributed by atoms with Gasteiger partial charge in [0.15, 0.2) is 0 Å². The van der Waals surface area contributed by atoms with Crippen LogP contribution < -0.4 is 20.1 Å². The number of rotatable bonds is 13. The number of nitrogens with one attached hydrogen (secondary N) is 2. The third-order valence-electron chi connectivity index (χ3n) is 6.55. The van der Waals surface area contributed by atoms with Crippen LogP contribution in [0.15, 0.2) is 60.8 Å². The molecular formula is C31H32Cl2N4O5. The van der Waals surface area contributed by atoms with Crippen LogP contribution in [0.5, 0.6) is 11.6 Å². The Labute approximate surface area is 254 Å². The fourth-order valence-electron chi connectivity index (χ4n) is 4.59. The van der Waals surface area contributed by atoms with Gasteiger partial charge in [0.2, 0.25) is 5.88 Å². The van der Waals surface area contributed by atoms with E-state index in [4.69, 9.17) is 37.8 Å². The average Bonchev–Trinajstić information content (AvgIpc) is 2.97. The quantitative estimate of drug-likeness (QED) is 0.156. The molecule has 2 aromatic carbocycles. The molecule has 0 saturated heterocycles. The number of aromatic nitrogens is 2. The second kappa shape index (κ2) is 14.4. The topological polar surface area (TPSA) is 126 Å². The van der Waals surface area contributed by atoms with E-state index in [1.165, 1.54) is 0 Å². The van der Waals surface area contributed by atoms with Crippen molar-refractivity contribution in [3.05, 3.63) is 82.0 Å². The van der Waals surface area contributed by atoms with E-state index in [1.807, 2.05) is 61.6 Å². The van der Waals surface area contributed by atoms with Crippen LogP contribution in [0.3, 0.4) is 0 Å². The fourth-order valence-corrected chi connectivity index (χ4v) is 5.23. The molecule has 4 N–H and O–H groups in total. The van der Waals surface area contributed by atoms with Crippen molar-refractivity contribution in [1.82, 2.24) is 20.6 Å². The number of nitrogens with zero attached hydrogens (tertiary/aromatic N) is 2. The summed E-state index contributed by atoms with van der Waals surface area (Å²) < 4.78 is 11.0. The molecular weight excluding hydrogens is 579 g/mol. The van der Waals surface area contributed by atoms with E-state index >= 15 is 0 Å². The van der Waals surface area contributed by atoms with Crippen molar-refractivity contribution < 1.29 is 24.5 Å². The van der Waals surface area contributed by atoms with Gasteiger partial charge in [0.1, 0.15) is 5.75 Å². The van der Waals surface area contributed by atoms with Crippen LogP contribution in [0, 0.1) is 0 Å². The van der Waals surface area contributed by atoms with E-state index < -0.39 is 12.1 Å². The molecule has 1 atom stereocenters. The lowest BCUT2D eigenvalue weighted by Gasteiger charge is -2.15. The van der Waals surface area contributed by atoms with E-state index in [2.05, 4.69) is 20.6 Å². The summed E-state index contributed by atoms with van der Waals surface area (Å²) in [5, 5.41) is 25.8. The van der Waals surface area contributed by atoms with Crippen molar-refractivity contribution in [3.63, 3.8) is 0 Å². The molecule has 0 amide bonds. The largest absolute Gasteiger partial charge is 0.497 e. The van der Waals surface area contributed by atoms with Gasteiger partial charge in [0.25, 0.3) is 0 Å². The van der Waals surface area contributed by atoms with Gasteiger partial charge in [-0.1, -0.05) is 47.5 Å². The zero-order valence-corrected chi connectivity index (χ0v) is 25.0. The number of aliphatic hydroxyl groups is 1. The Morgan fingerprint density at radius 1 is 0.976 bits per heavy atom. The summed E-state index contributed by atoms with van der Waals surface area (Å²) in [6.45, 7) is 1.12. The molecule has 4 aromatic rings. The molecule has 11 heteroatoms. The van der Waals surface area contributed by atoms with Gasteiger partial charge < -0.3 is 30.3 Å². The summed E-state index contributed by atoms with van der Waals surface area (Å²) in [5.41, 5.74) is 5.87. The summed E-state index contributed by atoms with van der Waals surface area (Å²) in [4.78, 5) is 20.1. The average molecular weight is 612 g/mol. The number of methoxy groups -OCH3 is 2. The van der Waals surface area contributed by atoms with Crippen molar-refractivity contribution in [3.8, 4) is 45.3 Å². The number of pyridine rings is 2. The number of halogens is 2. The van der Waals surface area contributed by atoms with Gasteiger partial charge in [-0.25, -0.2) is 4.98 Å². The minimum atomic E-state index is -1.06. The smallest absolute Gasteiger partial charge is 0.306 e. The van der Waals surface area contributed by atoms with Crippen molar-refractivity contribution in [2.45, 2.75) is 25.6 Å². The number of aliphatic hydroxyl groups excluding tert-OH is 1. The van der Waals surface area contributed by atoms with Gasteiger partial charge in [0, 0.05) is 53.6 Å². The maximum Gasteiger partial charge on any atom is 0.306 e. The highest BCUT2D eigenvalue weighted by molar-refractivity contribution is 6.39. The number of carboxylic acid groups (broad SMARTS) is 1. The van der Waals surface area contributed by atoms with Crippen LogP contribution in [0.4, 0.5) is 0 Å². The Morgan fingerprint density at radius 2 is 1.74 bits per heavy atom. The predicted octanol–water partition coefficient (Wildman–Crippen LogP) is 5.45. The van der Waals surface area contributed by atoms with E-state index in [0.29, 0.717) is 51.7 Å². The first kappa shape index (κ1) is 31.2. The standard InChI is InChI=1S/C31H32Cl2N4O5/c1-34-16-19-7-8-26(37-31(19)42-3)25-6-4-5-23(28(25)32)24-9-10-36-30(29(24)33)20-11-18(12-22(13-20)41-2)15-35-17-21(38)14-27(39)40/h4-13,21,34-35,38H,14-17H2,1-3H3,(H,39,40). The second-order valence-electron chi connectivity index (χ2n) is 9.54. The van der Waals surface area contributed by atoms with E-state index in [0.717, 1.165) is 27.8 Å². The Hall–Kier alpha value is -3.73. The zero-order chi connectivity index (χ0) is 30.2. The molecule has 4 rings (SSSR count). The van der Waals surface area contributed by atoms with Gasteiger partial charge in [-0.3, -0.25) is 9.78 Å². The van der Waals surface area contributed by atoms with Gasteiger partial charge in [-0.2, -0.15) is 0 Å². The van der Waals surface area contributed by atoms with Crippen LogP contribution in [0.1, 0.15) is 17.5 Å². The summed E-state index contributed by atoms with van der Waals surface area (Å²) in [6, 6.07) is 17.0. The number of aliphatic carboxylic acids is 1. The predicted molar refractivity (Wildman–Crippen MR) is 164 cm³/mol. The molecule has 0 aliphatic carbocycles. The Kier molecular flexibility index (Phi) is 10.7. The van der Waals surface area contributed by atoms with Crippen molar-refractivity contribution in [1.29, 1.82) is 0 Å². The molecule has 0 saturated carbocycles. The highest BCUT2D eigenvalue weighted by Crippen LogP contribution is 2.42. The van der Waals surface area contributed by atoms with Gasteiger partial charge >= 0.3 is 5.97 Å². The lowest BCUT2D eigenvalue weighted by Crippen LogP contribution is -2.28. The third-order valence-corrected chi connectivity index (χ3v) is 7.34. The van der Waals surface area contributed by atoms with Crippen LogP contribution in [-0.4, -0.2) is 60.1 Å². The highest BCUT2D eigenvalue weighted by Gasteiger charge is 2.18. The molecule has 220 valence electrons. The second-order valence-corrected chi connectivity index (χ2v) is 10.3. The third kappa shape index (κ3) is 7.36. The molecule has 0 aliphatic rings. The molecule has 2 aromatic heterocycles. The summed E-state index contributed by atoms with van der Waals surface area (Å²) in [5.74, 6) is 0.0605. The normalized spacial score (nSPS) is 11.8. The maximum atomic E-state index is 10.8. The molecule has 2 heterocycles. The van der Waals surface area contributed by atoms with Gasteiger partial charge in [0.05, 0.1) is 48.2 Å². The minimum Gasteiger partial charge on any atom is -0.497 e. The number of carboxylic acids is 1. The van der Waals surface area contributed by atoms with Crippen LogP contribution >= 0.6 is 23.2 Å². The first-order chi connectivity index (χ1) is 20.2. The first-order valence-electron chi connectivity index (χ1n) is 13.2. The molecule has 0 bridgehead atoms. The number of hydrogen-bond donors (Lipinski definition) is 4. The minimum absolute atomic E-state index is 0.126. The summed E-state index contributed by atoms with van der Waals surface area (Å²) in [7, 11) is 5.02. The van der Waals surface area contributed by atoms with Gasteiger partial charge in [-0.15, -0.1) is 0 Å². The monoisotopic (exact) mass is 610 g/mol. The molecule has 0 aliphatic heterocycles. The first-order valence-corrected chi connectivity index (χ1v) is 13.9. The van der Waals surface area contributed by atoms with E-state index in [-0.39, 0.29) is 13.0 Å². The van der Waals surface area contributed by atoms with E-state index in [1.54, 1.807) is 20.4 Å².